The van der Waals surface area contributed by atoms with E-state index in [9.17, 15) is 5.11 Å². The number of hydrogen-bond donors (Lipinski definition) is 2. The molecule has 5 atom stereocenters. The average molecular weight is 424 g/mol. The van der Waals surface area contributed by atoms with Crippen molar-refractivity contribution >= 4 is 8.32 Å². The maximum Gasteiger partial charge on any atom is 0.192 e. The fourth-order valence-electron chi connectivity index (χ4n) is 3.99. The SMILES string of the molecule is COc1ccccc1[C@@H]1N[C@H](CO)[C@@H](O[Si](C)(C)C(C)(C)C)[C@@H]2OC(C)(C)O[C@@H]21. The lowest BCUT2D eigenvalue weighted by Crippen LogP contribution is -2.64. The lowest BCUT2D eigenvalue weighted by atomic mass is 9.86. The minimum absolute atomic E-state index is 0.0437. The normalized spacial score (nSPS) is 32.1. The molecule has 2 aliphatic heterocycles. The van der Waals surface area contributed by atoms with Crippen molar-refractivity contribution in [1.29, 1.82) is 0 Å². The first-order chi connectivity index (χ1) is 13.4. The molecule has 0 aromatic heterocycles. The van der Waals surface area contributed by atoms with Crippen LogP contribution in [0.4, 0.5) is 0 Å². The standard InChI is InChI=1S/C22H37NO5Si/c1-21(2,3)29(7,8)28-18-15(13-24)23-17(14-11-9-10-12-16(14)25-6)19-20(18)27-22(4,5)26-19/h9-12,15,17-20,23-24H,13H2,1-8H3/t15-,17+,18-,19-,20+/m1/s1. The summed E-state index contributed by atoms with van der Waals surface area (Å²) in [4.78, 5) is 0. The molecule has 2 aliphatic rings. The highest BCUT2D eigenvalue weighted by atomic mass is 28.4. The molecule has 2 N–H and O–H groups in total. The number of benzene rings is 1. The van der Waals surface area contributed by atoms with Gasteiger partial charge in [-0.15, -0.1) is 0 Å². The van der Waals surface area contributed by atoms with Gasteiger partial charge in [-0.3, -0.25) is 0 Å². The Morgan fingerprint density at radius 3 is 2.34 bits per heavy atom. The van der Waals surface area contributed by atoms with Crippen molar-refractivity contribution in [2.24, 2.45) is 0 Å². The van der Waals surface area contributed by atoms with E-state index in [2.05, 4.69) is 39.2 Å². The molecule has 1 aromatic carbocycles. The van der Waals surface area contributed by atoms with Crippen molar-refractivity contribution in [1.82, 2.24) is 5.32 Å². The smallest absolute Gasteiger partial charge is 0.192 e. The van der Waals surface area contributed by atoms with E-state index in [4.69, 9.17) is 18.6 Å². The highest BCUT2D eigenvalue weighted by Crippen LogP contribution is 2.46. The van der Waals surface area contributed by atoms with Gasteiger partial charge in [-0.05, 0) is 38.0 Å². The number of nitrogens with one attached hydrogen (secondary N) is 1. The Morgan fingerprint density at radius 2 is 1.76 bits per heavy atom. The van der Waals surface area contributed by atoms with Gasteiger partial charge in [0.05, 0.1) is 31.9 Å². The molecule has 0 bridgehead atoms. The minimum atomic E-state index is -2.09. The Bertz CT molecular complexity index is 717. The monoisotopic (exact) mass is 423 g/mol. The molecule has 0 amide bonds. The second-order valence-electron chi connectivity index (χ2n) is 10.1. The summed E-state index contributed by atoms with van der Waals surface area (Å²) in [6.45, 7) is 14.9. The van der Waals surface area contributed by atoms with Crippen LogP contribution in [0.15, 0.2) is 24.3 Å². The molecule has 1 aromatic rings. The van der Waals surface area contributed by atoms with Crippen LogP contribution in [0.25, 0.3) is 0 Å². The van der Waals surface area contributed by atoms with Gasteiger partial charge >= 0.3 is 0 Å². The van der Waals surface area contributed by atoms with Gasteiger partial charge in [0.15, 0.2) is 14.1 Å². The summed E-state index contributed by atoms with van der Waals surface area (Å²) < 4.78 is 25.1. The van der Waals surface area contributed by atoms with Crippen LogP contribution in [-0.2, 0) is 13.9 Å². The molecular weight excluding hydrogens is 386 g/mol. The molecule has 3 rings (SSSR count). The van der Waals surface area contributed by atoms with Crippen LogP contribution in [0.5, 0.6) is 5.75 Å². The Morgan fingerprint density at radius 1 is 1.14 bits per heavy atom. The van der Waals surface area contributed by atoms with Crippen molar-refractivity contribution < 1.29 is 23.7 Å². The molecule has 2 fully saturated rings. The molecule has 164 valence electrons. The first-order valence-electron chi connectivity index (χ1n) is 10.4. The number of hydrogen-bond acceptors (Lipinski definition) is 6. The third kappa shape index (κ3) is 4.40. The fourth-order valence-corrected chi connectivity index (χ4v) is 5.32. The van der Waals surface area contributed by atoms with Crippen LogP contribution in [0.2, 0.25) is 18.1 Å². The van der Waals surface area contributed by atoms with Gasteiger partial charge in [-0.2, -0.15) is 0 Å². The van der Waals surface area contributed by atoms with E-state index in [-0.39, 0.29) is 42.0 Å². The second kappa shape index (κ2) is 7.94. The van der Waals surface area contributed by atoms with Crippen molar-refractivity contribution in [2.75, 3.05) is 13.7 Å². The zero-order valence-corrected chi connectivity index (χ0v) is 20.0. The molecule has 0 spiro atoms. The third-order valence-electron chi connectivity index (χ3n) is 6.51. The fraction of sp³-hybridized carbons (Fsp3) is 0.727. The van der Waals surface area contributed by atoms with Gasteiger partial charge < -0.3 is 29.1 Å². The van der Waals surface area contributed by atoms with Gasteiger partial charge in [0.1, 0.15) is 18.0 Å². The summed E-state index contributed by atoms with van der Waals surface area (Å²) in [6.07, 6.45) is -0.829. The Balaban J connectivity index is 1.99. The zero-order chi connectivity index (χ0) is 21.6. The highest BCUT2D eigenvalue weighted by molar-refractivity contribution is 6.74. The second-order valence-corrected chi connectivity index (χ2v) is 14.8. The maximum atomic E-state index is 10.2. The predicted octanol–water partition coefficient (Wildman–Crippen LogP) is 3.61. The minimum Gasteiger partial charge on any atom is -0.496 e. The number of aliphatic hydroxyl groups is 1. The number of methoxy groups -OCH3 is 1. The van der Waals surface area contributed by atoms with Crippen molar-refractivity contribution in [3.05, 3.63) is 29.8 Å². The van der Waals surface area contributed by atoms with Gasteiger partial charge in [-0.25, -0.2) is 0 Å². The van der Waals surface area contributed by atoms with E-state index >= 15 is 0 Å². The molecule has 7 heteroatoms. The molecule has 0 aliphatic carbocycles. The topological polar surface area (TPSA) is 69.2 Å². The molecule has 0 saturated carbocycles. The number of para-hydroxylation sites is 1. The van der Waals surface area contributed by atoms with E-state index in [1.54, 1.807) is 7.11 Å². The van der Waals surface area contributed by atoms with Crippen LogP contribution in [0.1, 0.15) is 46.2 Å². The molecule has 0 unspecified atom stereocenters. The number of fused-ring (bicyclic) bond motifs is 1. The summed E-state index contributed by atoms with van der Waals surface area (Å²) in [5.74, 6) is 0.0638. The molecular formula is C22H37NO5Si. The van der Waals surface area contributed by atoms with Gasteiger partial charge in [-0.1, -0.05) is 39.0 Å². The Hall–Kier alpha value is -0.963. The maximum absolute atomic E-state index is 10.2. The first-order valence-corrected chi connectivity index (χ1v) is 13.3. The predicted molar refractivity (Wildman–Crippen MR) is 116 cm³/mol. The Labute approximate surface area is 176 Å². The zero-order valence-electron chi connectivity index (χ0n) is 19.0. The molecule has 6 nitrogen and oxygen atoms in total. The summed E-state index contributed by atoms with van der Waals surface area (Å²) in [5.41, 5.74) is 0.996. The first kappa shape index (κ1) is 22.7. The highest BCUT2D eigenvalue weighted by Gasteiger charge is 2.57. The number of rotatable bonds is 5. The average Bonchev–Trinajstić information content (AvgIpc) is 2.96. The summed E-state index contributed by atoms with van der Waals surface area (Å²) in [7, 11) is -0.418. The van der Waals surface area contributed by atoms with Crippen LogP contribution in [0.3, 0.4) is 0 Å². The quantitative estimate of drug-likeness (QED) is 0.705. The van der Waals surface area contributed by atoms with Crippen LogP contribution >= 0.6 is 0 Å². The summed E-state index contributed by atoms with van der Waals surface area (Å²) >= 11 is 0. The lowest BCUT2D eigenvalue weighted by molar-refractivity contribution is -0.153. The van der Waals surface area contributed by atoms with Crippen molar-refractivity contribution in [3.63, 3.8) is 0 Å². The van der Waals surface area contributed by atoms with E-state index in [1.165, 1.54) is 0 Å². The van der Waals surface area contributed by atoms with E-state index in [0.29, 0.717) is 0 Å². The van der Waals surface area contributed by atoms with Crippen LogP contribution in [0, 0.1) is 0 Å². The van der Waals surface area contributed by atoms with Crippen LogP contribution in [-0.4, -0.2) is 57.3 Å². The lowest BCUT2D eigenvalue weighted by Gasteiger charge is -2.48. The van der Waals surface area contributed by atoms with Gasteiger partial charge in [0.25, 0.3) is 0 Å². The Kier molecular flexibility index (Phi) is 6.22. The molecule has 2 heterocycles. The van der Waals surface area contributed by atoms with Gasteiger partial charge in [0, 0.05) is 5.56 Å². The third-order valence-corrected chi connectivity index (χ3v) is 11.0. The molecule has 0 radical (unpaired) electrons. The molecule has 29 heavy (non-hydrogen) atoms. The van der Waals surface area contributed by atoms with Crippen molar-refractivity contribution in [2.45, 2.75) is 88.9 Å². The van der Waals surface area contributed by atoms with Gasteiger partial charge in [0.2, 0.25) is 0 Å². The van der Waals surface area contributed by atoms with Crippen molar-refractivity contribution in [3.8, 4) is 5.75 Å². The van der Waals surface area contributed by atoms with E-state index in [0.717, 1.165) is 11.3 Å². The van der Waals surface area contributed by atoms with E-state index < -0.39 is 14.1 Å². The number of aliphatic hydroxyl groups excluding tert-OH is 1. The number of ether oxygens (including phenoxy) is 3. The van der Waals surface area contributed by atoms with Crippen LogP contribution < -0.4 is 10.1 Å². The number of piperidine rings is 1. The van der Waals surface area contributed by atoms with E-state index in [1.807, 2.05) is 38.1 Å². The summed E-state index contributed by atoms with van der Waals surface area (Å²) in [5, 5.41) is 13.9. The molecule has 2 saturated heterocycles. The summed E-state index contributed by atoms with van der Waals surface area (Å²) in [6, 6.07) is 7.48. The largest absolute Gasteiger partial charge is 0.496 e.